The van der Waals surface area contributed by atoms with Crippen LogP contribution in [0.4, 0.5) is 0 Å². The highest BCUT2D eigenvalue weighted by Gasteiger charge is 2.38. The van der Waals surface area contributed by atoms with E-state index in [0.29, 0.717) is 23.6 Å². The van der Waals surface area contributed by atoms with Gasteiger partial charge in [0, 0.05) is 27.7 Å². The van der Waals surface area contributed by atoms with Gasteiger partial charge in [-0.25, -0.2) is 8.42 Å². The van der Waals surface area contributed by atoms with E-state index in [1.54, 1.807) is 24.9 Å². The van der Waals surface area contributed by atoms with Crippen LogP contribution < -0.4 is 4.74 Å². The predicted molar refractivity (Wildman–Crippen MR) is 109 cm³/mol. The molecule has 0 N–H and O–H groups in total. The van der Waals surface area contributed by atoms with Crippen LogP contribution in [-0.4, -0.2) is 37.3 Å². The second kappa shape index (κ2) is 7.46. The topological polar surface area (TPSA) is 72.6 Å². The van der Waals surface area contributed by atoms with Crippen molar-refractivity contribution >= 4 is 48.7 Å². The number of hydrogen-bond donors (Lipinski definition) is 0. The van der Waals surface area contributed by atoms with Crippen molar-refractivity contribution in [1.82, 2.24) is 9.46 Å². The van der Waals surface area contributed by atoms with Crippen molar-refractivity contribution in [3.63, 3.8) is 0 Å². The lowest BCUT2D eigenvalue weighted by Crippen LogP contribution is -2.32. The number of nitrogens with zero attached hydrogens (tertiary/aromatic N) is 2. The molecule has 0 bridgehead atoms. The average Bonchev–Trinajstić information content (AvgIpc) is 3.29. The summed E-state index contributed by atoms with van der Waals surface area (Å²) >= 11 is 5.05. The second-order valence-corrected chi connectivity index (χ2v) is 10.1. The number of thioether (sulfide) groups is 1. The lowest BCUT2D eigenvalue weighted by Gasteiger charge is -2.24. The molecule has 1 aliphatic rings. The SMILES string of the molecule is COc1ccc(Br)cc1C1SCCN1S(=O)(=O)Cc1noc2ccccc12. The van der Waals surface area contributed by atoms with Crippen LogP contribution in [0.2, 0.25) is 0 Å². The van der Waals surface area contributed by atoms with E-state index in [1.165, 1.54) is 4.31 Å². The summed E-state index contributed by atoms with van der Waals surface area (Å²) in [5, 5.41) is 4.37. The Morgan fingerprint density at radius 1 is 1.33 bits per heavy atom. The Kier molecular flexibility index (Phi) is 5.19. The Bertz CT molecular complexity index is 1080. The molecule has 9 heteroatoms. The highest BCUT2D eigenvalue weighted by Crippen LogP contribution is 2.44. The third kappa shape index (κ3) is 3.61. The molecule has 142 valence electrons. The highest BCUT2D eigenvalue weighted by atomic mass is 79.9. The van der Waals surface area contributed by atoms with Gasteiger partial charge in [0.1, 0.15) is 17.2 Å². The molecule has 1 fully saturated rings. The molecule has 3 aromatic rings. The number of hydrogen-bond acceptors (Lipinski definition) is 6. The summed E-state index contributed by atoms with van der Waals surface area (Å²) in [7, 11) is -2.00. The molecule has 1 saturated heterocycles. The Balaban J connectivity index is 1.68. The van der Waals surface area contributed by atoms with E-state index >= 15 is 0 Å². The zero-order valence-electron chi connectivity index (χ0n) is 14.5. The van der Waals surface area contributed by atoms with E-state index in [4.69, 9.17) is 9.26 Å². The fourth-order valence-corrected chi connectivity index (χ4v) is 6.91. The number of aromatic nitrogens is 1. The number of halogens is 1. The second-order valence-electron chi connectivity index (χ2n) is 6.10. The van der Waals surface area contributed by atoms with Gasteiger partial charge < -0.3 is 9.26 Å². The summed E-state index contributed by atoms with van der Waals surface area (Å²) in [6.45, 7) is 0.448. The molecular formula is C18H17BrN2O4S2. The van der Waals surface area contributed by atoms with Gasteiger partial charge in [-0.2, -0.15) is 4.31 Å². The van der Waals surface area contributed by atoms with Crippen molar-refractivity contribution in [3.8, 4) is 5.75 Å². The zero-order chi connectivity index (χ0) is 19.0. The van der Waals surface area contributed by atoms with E-state index in [1.807, 2.05) is 36.4 Å². The third-order valence-electron chi connectivity index (χ3n) is 4.44. The summed E-state index contributed by atoms with van der Waals surface area (Å²) in [5.74, 6) is 1.20. The van der Waals surface area contributed by atoms with E-state index in [9.17, 15) is 8.42 Å². The first kappa shape index (κ1) is 18.8. The lowest BCUT2D eigenvalue weighted by atomic mass is 10.2. The predicted octanol–water partition coefficient (Wildman–Crippen LogP) is 4.18. The number of sulfonamides is 1. The third-order valence-corrected chi connectivity index (χ3v) is 8.05. The molecule has 1 aromatic heterocycles. The molecule has 0 aliphatic carbocycles. The molecular weight excluding hydrogens is 452 g/mol. The molecule has 1 unspecified atom stereocenters. The lowest BCUT2D eigenvalue weighted by molar-refractivity contribution is 0.389. The van der Waals surface area contributed by atoms with Gasteiger partial charge in [0.15, 0.2) is 5.58 Å². The number of methoxy groups -OCH3 is 1. The fraction of sp³-hybridized carbons (Fsp3) is 0.278. The van der Waals surface area contributed by atoms with Crippen molar-refractivity contribution in [2.45, 2.75) is 11.1 Å². The maximum atomic E-state index is 13.2. The molecule has 0 saturated carbocycles. The standard InChI is InChI=1S/C18H17BrN2O4S2/c1-24-16-7-6-12(19)10-14(16)18-21(8-9-26-18)27(22,23)11-15-13-4-2-3-5-17(13)25-20-15/h2-7,10,18H,8-9,11H2,1H3. The minimum absolute atomic E-state index is 0.197. The number of para-hydroxylation sites is 1. The molecule has 1 atom stereocenters. The minimum Gasteiger partial charge on any atom is -0.496 e. The van der Waals surface area contributed by atoms with Gasteiger partial charge in [0.2, 0.25) is 10.0 Å². The smallest absolute Gasteiger partial charge is 0.221 e. The first-order valence-electron chi connectivity index (χ1n) is 8.27. The van der Waals surface area contributed by atoms with Gasteiger partial charge in [-0.15, -0.1) is 11.8 Å². The van der Waals surface area contributed by atoms with Crippen LogP contribution >= 0.6 is 27.7 Å². The van der Waals surface area contributed by atoms with Crippen molar-refractivity contribution in [2.24, 2.45) is 0 Å². The summed E-state index contributed by atoms with van der Waals surface area (Å²) in [6, 6.07) is 12.9. The van der Waals surface area contributed by atoms with Gasteiger partial charge in [-0.1, -0.05) is 33.2 Å². The van der Waals surface area contributed by atoms with Crippen molar-refractivity contribution in [2.75, 3.05) is 19.4 Å². The number of benzene rings is 2. The van der Waals surface area contributed by atoms with E-state index in [-0.39, 0.29) is 11.1 Å². The fourth-order valence-electron chi connectivity index (χ4n) is 3.18. The van der Waals surface area contributed by atoms with Crippen LogP contribution in [0.1, 0.15) is 16.6 Å². The largest absolute Gasteiger partial charge is 0.496 e. The molecule has 6 nitrogen and oxygen atoms in total. The monoisotopic (exact) mass is 468 g/mol. The van der Waals surface area contributed by atoms with Crippen LogP contribution in [0.25, 0.3) is 11.0 Å². The van der Waals surface area contributed by atoms with Gasteiger partial charge in [-0.3, -0.25) is 0 Å². The Morgan fingerprint density at radius 2 is 2.15 bits per heavy atom. The Labute approximate surface area is 170 Å². The van der Waals surface area contributed by atoms with Crippen molar-refractivity contribution in [3.05, 3.63) is 58.2 Å². The van der Waals surface area contributed by atoms with Crippen molar-refractivity contribution in [1.29, 1.82) is 0 Å². The highest BCUT2D eigenvalue weighted by molar-refractivity contribution is 9.10. The molecule has 27 heavy (non-hydrogen) atoms. The van der Waals surface area contributed by atoms with Crippen LogP contribution in [0.5, 0.6) is 5.75 Å². The maximum Gasteiger partial charge on any atom is 0.221 e. The number of ether oxygens (including phenoxy) is 1. The van der Waals surface area contributed by atoms with Gasteiger partial charge in [0.05, 0.1) is 12.5 Å². The molecule has 2 heterocycles. The summed E-state index contributed by atoms with van der Waals surface area (Å²) in [4.78, 5) is 0. The maximum absolute atomic E-state index is 13.2. The normalized spacial score (nSPS) is 18.2. The molecule has 1 aliphatic heterocycles. The molecule has 0 amide bonds. The number of rotatable bonds is 5. The average molecular weight is 469 g/mol. The van der Waals surface area contributed by atoms with E-state index in [0.717, 1.165) is 21.2 Å². The van der Waals surface area contributed by atoms with Gasteiger partial charge >= 0.3 is 0 Å². The van der Waals surface area contributed by atoms with E-state index in [2.05, 4.69) is 21.1 Å². The van der Waals surface area contributed by atoms with Crippen LogP contribution in [0, 0.1) is 0 Å². The van der Waals surface area contributed by atoms with Gasteiger partial charge in [0.25, 0.3) is 0 Å². The van der Waals surface area contributed by atoms with Crippen LogP contribution in [-0.2, 0) is 15.8 Å². The Morgan fingerprint density at radius 3 is 2.96 bits per heavy atom. The van der Waals surface area contributed by atoms with Crippen molar-refractivity contribution < 1.29 is 17.7 Å². The summed E-state index contributed by atoms with van der Waals surface area (Å²) in [6.07, 6.45) is 0. The summed E-state index contributed by atoms with van der Waals surface area (Å²) in [5.41, 5.74) is 1.86. The van der Waals surface area contributed by atoms with E-state index < -0.39 is 10.0 Å². The first-order valence-corrected chi connectivity index (χ1v) is 11.7. The van der Waals surface area contributed by atoms with Crippen LogP contribution in [0.15, 0.2) is 51.5 Å². The minimum atomic E-state index is -3.59. The molecule has 0 spiro atoms. The zero-order valence-corrected chi connectivity index (χ0v) is 17.7. The number of fused-ring (bicyclic) bond motifs is 1. The van der Waals surface area contributed by atoms with Gasteiger partial charge in [-0.05, 0) is 30.3 Å². The quantitative estimate of drug-likeness (QED) is 0.559. The van der Waals surface area contributed by atoms with Crippen LogP contribution in [0.3, 0.4) is 0 Å². The molecule has 2 aromatic carbocycles. The summed E-state index contributed by atoms with van der Waals surface area (Å²) < 4.78 is 39.5. The molecule has 4 rings (SSSR count). The molecule has 0 radical (unpaired) electrons. The Hall–Kier alpha value is -1.55. The first-order chi connectivity index (χ1) is 13.0.